The summed E-state index contributed by atoms with van der Waals surface area (Å²) in [5, 5.41) is 12.0. The molecular weight excluding hydrogens is 330 g/mol. The van der Waals surface area contributed by atoms with Crippen LogP contribution in [0.1, 0.15) is 29.9 Å². The molecule has 0 aliphatic heterocycles. The number of nitrogens with one attached hydrogen (secondary N) is 1. The third-order valence-electron chi connectivity index (χ3n) is 3.35. The van der Waals surface area contributed by atoms with Crippen molar-refractivity contribution in [2.24, 2.45) is 7.05 Å². The standard InChI is InChI=1S/C16H16BrN3O/c1-16(2,10-18)11-4-6-13(7-5-11)19-15(21)14-8-12(17)9-20(14)3/h4-9H,1-3H3,(H,19,21). The molecule has 108 valence electrons. The summed E-state index contributed by atoms with van der Waals surface area (Å²) >= 11 is 3.34. The average Bonchev–Trinajstić information content (AvgIpc) is 2.78. The molecule has 0 unspecified atom stereocenters. The molecule has 5 heteroatoms. The summed E-state index contributed by atoms with van der Waals surface area (Å²) in [5.74, 6) is -0.171. The van der Waals surface area contributed by atoms with Crippen LogP contribution in [0.25, 0.3) is 0 Å². The number of carbonyl (C=O) groups excluding carboxylic acids is 1. The Kier molecular flexibility index (Phi) is 4.19. The number of hydrogen-bond donors (Lipinski definition) is 1. The molecular formula is C16H16BrN3O. The van der Waals surface area contributed by atoms with Crippen molar-refractivity contribution in [2.75, 3.05) is 5.32 Å². The predicted octanol–water partition coefficient (Wildman–Crippen LogP) is 3.84. The largest absolute Gasteiger partial charge is 0.345 e. The zero-order valence-corrected chi connectivity index (χ0v) is 13.7. The number of nitriles is 1. The van der Waals surface area contributed by atoms with Crippen molar-refractivity contribution in [2.45, 2.75) is 19.3 Å². The van der Waals surface area contributed by atoms with Gasteiger partial charge in [-0.3, -0.25) is 4.79 Å². The molecule has 4 nitrogen and oxygen atoms in total. The molecule has 0 radical (unpaired) electrons. The van der Waals surface area contributed by atoms with E-state index in [1.807, 2.05) is 51.4 Å². The highest BCUT2D eigenvalue weighted by molar-refractivity contribution is 9.10. The minimum Gasteiger partial charge on any atom is -0.345 e. The van der Waals surface area contributed by atoms with Gasteiger partial charge in [-0.2, -0.15) is 5.26 Å². The van der Waals surface area contributed by atoms with E-state index in [1.165, 1.54) is 0 Å². The fraction of sp³-hybridized carbons (Fsp3) is 0.250. The molecule has 1 N–H and O–H groups in total. The van der Waals surface area contributed by atoms with Crippen molar-refractivity contribution in [1.82, 2.24) is 4.57 Å². The van der Waals surface area contributed by atoms with Gasteiger partial charge in [-0.05, 0) is 53.5 Å². The van der Waals surface area contributed by atoms with Gasteiger partial charge >= 0.3 is 0 Å². The van der Waals surface area contributed by atoms with Crippen LogP contribution < -0.4 is 5.32 Å². The molecule has 1 heterocycles. The van der Waals surface area contributed by atoms with Gasteiger partial charge in [0, 0.05) is 23.4 Å². The summed E-state index contributed by atoms with van der Waals surface area (Å²) in [6, 6.07) is 11.4. The molecule has 2 rings (SSSR count). The summed E-state index contributed by atoms with van der Waals surface area (Å²) in [5.41, 5.74) is 1.66. The molecule has 0 fully saturated rings. The second-order valence-electron chi connectivity index (χ2n) is 5.42. The van der Waals surface area contributed by atoms with E-state index < -0.39 is 5.41 Å². The van der Waals surface area contributed by atoms with Gasteiger partial charge in [-0.25, -0.2) is 0 Å². The highest BCUT2D eigenvalue weighted by Crippen LogP contribution is 2.24. The summed E-state index contributed by atoms with van der Waals surface area (Å²) in [4.78, 5) is 12.2. The Morgan fingerprint density at radius 1 is 1.33 bits per heavy atom. The number of aryl methyl sites for hydroxylation is 1. The number of anilines is 1. The topological polar surface area (TPSA) is 57.8 Å². The van der Waals surface area contributed by atoms with E-state index in [2.05, 4.69) is 27.3 Å². The van der Waals surface area contributed by atoms with Gasteiger partial charge in [0.1, 0.15) is 5.69 Å². The highest BCUT2D eigenvalue weighted by atomic mass is 79.9. The van der Waals surface area contributed by atoms with Crippen LogP contribution in [0, 0.1) is 11.3 Å². The van der Waals surface area contributed by atoms with E-state index in [9.17, 15) is 4.79 Å². The molecule has 0 spiro atoms. The van der Waals surface area contributed by atoms with Crippen molar-refractivity contribution < 1.29 is 4.79 Å². The van der Waals surface area contributed by atoms with Gasteiger partial charge in [0.05, 0.1) is 11.5 Å². The number of aromatic nitrogens is 1. The van der Waals surface area contributed by atoms with Crippen molar-refractivity contribution in [1.29, 1.82) is 5.26 Å². The Morgan fingerprint density at radius 2 is 1.95 bits per heavy atom. The Bertz CT molecular complexity index is 708. The van der Waals surface area contributed by atoms with Crippen LogP contribution in [0.2, 0.25) is 0 Å². The SMILES string of the molecule is Cn1cc(Br)cc1C(=O)Nc1ccc(C(C)(C)C#N)cc1. The van der Waals surface area contributed by atoms with E-state index in [0.717, 1.165) is 10.0 Å². The molecule has 0 saturated heterocycles. The van der Waals surface area contributed by atoms with Crippen molar-refractivity contribution in [3.8, 4) is 6.07 Å². The summed E-state index contributed by atoms with van der Waals surface area (Å²) < 4.78 is 2.62. The molecule has 0 bridgehead atoms. The molecule has 0 aliphatic rings. The lowest BCUT2D eigenvalue weighted by Gasteiger charge is -2.16. The molecule has 0 aliphatic carbocycles. The maximum Gasteiger partial charge on any atom is 0.272 e. The second-order valence-corrected chi connectivity index (χ2v) is 6.34. The molecule has 1 aromatic heterocycles. The van der Waals surface area contributed by atoms with Gasteiger partial charge in [-0.1, -0.05) is 12.1 Å². The summed E-state index contributed by atoms with van der Waals surface area (Å²) in [6.45, 7) is 3.73. The van der Waals surface area contributed by atoms with Crippen LogP contribution in [-0.2, 0) is 12.5 Å². The number of nitrogens with zero attached hydrogens (tertiary/aromatic N) is 2. The average molecular weight is 346 g/mol. The van der Waals surface area contributed by atoms with Gasteiger partial charge in [-0.15, -0.1) is 0 Å². The number of benzene rings is 1. The van der Waals surface area contributed by atoms with Crippen LogP contribution in [0.5, 0.6) is 0 Å². The lowest BCUT2D eigenvalue weighted by atomic mass is 9.86. The summed E-state index contributed by atoms with van der Waals surface area (Å²) in [7, 11) is 1.82. The van der Waals surface area contributed by atoms with Crippen LogP contribution in [0.15, 0.2) is 41.0 Å². The first-order valence-electron chi connectivity index (χ1n) is 6.48. The predicted molar refractivity (Wildman–Crippen MR) is 86.1 cm³/mol. The van der Waals surface area contributed by atoms with Crippen LogP contribution >= 0.6 is 15.9 Å². The van der Waals surface area contributed by atoms with Crippen molar-refractivity contribution in [3.63, 3.8) is 0 Å². The smallest absolute Gasteiger partial charge is 0.272 e. The molecule has 2 aromatic rings. The zero-order chi connectivity index (χ0) is 15.6. The normalized spacial score (nSPS) is 11.0. The van der Waals surface area contributed by atoms with Gasteiger partial charge < -0.3 is 9.88 Å². The number of carbonyl (C=O) groups is 1. The molecule has 0 atom stereocenters. The maximum atomic E-state index is 12.2. The highest BCUT2D eigenvalue weighted by Gasteiger charge is 2.19. The first-order valence-corrected chi connectivity index (χ1v) is 7.28. The van der Waals surface area contributed by atoms with E-state index in [1.54, 1.807) is 10.6 Å². The van der Waals surface area contributed by atoms with Crippen LogP contribution in [-0.4, -0.2) is 10.5 Å². The maximum absolute atomic E-state index is 12.2. The lowest BCUT2D eigenvalue weighted by Crippen LogP contribution is -2.16. The van der Waals surface area contributed by atoms with Gasteiger partial charge in [0.2, 0.25) is 0 Å². The lowest BCUT2D eigenvalue weighted by molar-refractivity contribution is 0.101. The first-order chi connectivity index (χ1) is 9.83. The fourth-order valence-electron chi connectivity index (χ4n) is 1.98. The van der Waals surface area contributed by atoms with E-state index >= 15 is 0 Å². The number of halogens is 1. The molecule has 0 saturated carbocycles. The minimum atomic E-state index is -0.536. The number of rotatable bonds is 3. The van der Waals surface area contributed by atoms with Crippen LogP contribution in [0.3, 0.4) is 0 Å². The first kappa shape index (κ1) is 15.3. The van der Waals surface area contributed by atoms with Crippen LogP contribution in [0.4, 0.5) is 5.69 Å². The van der Waals surface area contributed by atoms with Gasteiger partial charge in [0.25, 0.3) is 5.91 Å². The third-order valence-corrected chi connectivity index (χ3v) is 3.78. The monoisotopic (exact) mass is 345 g/mol. The fourth-order valence-corrected chi connectivity index (χ4v) is 2.50. The Balaban J connectivity index is 2.16. The molecule has 21 heavy (non-hydrogen) atoms. The molecule has 1 aromatic carbocycles. The van der Waals surface area contributed by atoms with E-state index in [0.29, 0.717) is 11.4 Å². The Morgan fingerprint density at radius 3 is 2.43 bits per heavy atom. The Hall–Kier alpha value is -2.06. The van der Waals surface area contributed by atoms with E-state index in [4.69, 9.17) is 5.26 Å². The molecule has 1 amide bonds. The second kappa shape index (κ2) is 5.74. The number of hydrogen-bond acceptors (Lipinski definition) is 2. The van der Waals surface area contributed by atoms with Crippen molar-refractivity contribution >= 4 is 27.5 Å². The van der Waals surface area contributed by atoms with Crippen molar-refractivity contribution in [3.05, 3.63) is 52.3 Å². The number of amides is 1. The van der Waals surface area contributed by atoms with Gasteiger partial charge in [0.15, 0.2) is 0 Å². The Labute approximate surface area is 132 Å². The summed E-state index contributed by atoms with van der Waals surface area (Å²) in [6.07, 6.45) is 1.83. The quantitative estimate of drug-likeness (QED) is 0.918. The minimum absolute atomic E-state index is 0.171. The third kappa shape index (κ3) is 3.34. The zero-order valence-electron chi connectivity index (χ0n) is 12.1. The van der Waals surface area contributed by atoms with E-state index in [-0.39, 0.29) is 5.91 Å².